The molecule has 0 unspecified atom stereocenters. The van der Waals surface area contributed by atoms with Gasteiger partial charge in [0.25, 0.3) is 5.91 Å². The average Bonchev–Trinajstić information content (AvgIpc) is 2.36. The molecule has 0 saturated carbocycles. The SMILES string of the molecule is Cc1ccc(Nc2c(Cl)cc(N)cc2C(N)=O)cc1Br. The highest BCUT2D eigenvalue weighted by Gasteiger charge is 2.14. The Morgan fingerprint density at radius 3 is 2.60 bits per heavy atom. The van der Waals surface area contributed by atoms with Crippen LogP contribution in [0.3, 0.4) is 0 Å². The number of primary amides is 1. The van der Waals surface area contributed by atoms with Crippen LogP contribution in [0, 0.1) is 6.92 Å². The molecule has 0 heterocycles. The number of anilines is 3. The lowest BCUT2D eigenvalue weighted by Gasteiger charge is -2.14. The first-order valence-electron chi connectivity index (χ1n) is 5.80. The Bertz CT molecular complexity index is 688. The summed E-state index contributed by atoms with van der Waals surface area (Å²) in [5.74, 6) is -0.590. The van der Waals surface area contributed by atoms with E-state index in [4.69, 9.17) is 23.1 Å². The molecule has 6 heteroatoms. The first-order valence-corrected chi connectivity index (χ1v) is 6.97. The lowest BCUT2D eigenvalue weighted by Crippen LogP contribution is -2.14. The monoisotopic (exact) mass is 353 g/mol. The highest BCUT2D eigenvalue weighted by Crippen LogP contribution is 2.32. The second-order valence-corrected chi connectivity index (χ2v) is 5.64. The summed E-state index contributed by atoms with van der Waals surface area (Å²) in [6, 6.07) is 8.80. The largest absolute Gasteiger partial charge is 0.399 e. The number of nitrogens with two attached hydrogens (primary N) is 2. The molecule has 104 valence electrons. The minimum absolute atomic E-state index is 0.256. The first kappa shape index (κ1) is 14.7. The van der Waals surface area contributed by atoms with Crippen molar-refractivity contribution in [3.05, 3.63) is 51.0 Å². The molecule has 2 aromatic carbocycles. The van der Waals surface area contributed by atoms with Crippen LogP contribution in [0.2, 0.25) is 5.02 Å². The molecule has 0 atom stereocenters. The van der Waals surface area contributed by atoms with Crippen LogP contribution in [0.5, 0.6) is 0 Å². The van der Waals surface area contributed by atoms with Crippen molar-refractivity contribution < 1.29 is 4.79 Å². The summed E-state index contributed by atoms with van der Waals surface area (Å²) in [6.07, 6.45) is 0. The molecule has 0 aliphatic carbocycles. The van der Waals surface area contributed by atoms with Crippen LogP contribution in [0.15, 0.2) is 34.8 Å². The third-order valence-corrected chi connectivity index (χ3v) is 3.97. The van der Waals surface area contributed by atoms with Crippen LogP contribution >= 0.6 is 27.5 Å². The van der Waals surface area contributed by atoms with Crippen LogP contribution in [-0.4, -0.2) is 5.91 Å². The molecule has 2 aromatic rings. The standard InChI is InChI=1S/C14H13BrClN3O/c1-7-2-3-9(6-11(7)15)19-13-10(14(18)20)4-8(17)5-12(13)16/h2-6,19H,17H2,1H3,(H2,18,20). The highest BCUT2D eigenvalue weighted by atomic mass is 79.9. The second-order valence-electron chi connectivity index (χ2n) is 4.38. The third-order valence-electron chi connectivity index (χ3n) is 2.82. The van der Waals surface area contributed by atoms with Gasteiger partial charge in [0.05, 0.1) is 16.3 Å². The molecule has 0 spiro atoms. The predicted molar refractivity (Wildman–Crippen MR) is 86.5 cm³/mol. The van der Waals surface area contributed by atoms with E-state index in [-0.39, 0.29) is 5.56 Å². The van der Waals surface area contributed by atoms with Crippen molar-refractivity contribution in [3.8, 4) is 0 Å². The van der Waals surface area contributed by atoms with Crippen molar-refractivity contribution in [3.63, 3.8) is 0 Å². The van der Waals surface area contributed by atoms with Gasteiger partial charge in [-0.3, -0.25) is 4.79 Å². The van der Waals surface area contributed by atoms with Crippen LogP contribution in [-0.2, 0) is 0 Å². The number of halogens is 2. The van der Waals surface area contributed by atoms with Crippen molar-refractivity contribution in [1.82, 2.24) is 0 Å². The van der Waals surface area contributed by atoms with Crippen LogP contribution in [0.1, 0.15) is 15.9 Å². The lowest BCUT2D eigenvalue weighted by molar-refractivity contribution is 0.100. The maximum absolute atomic E-state index is 11.5. The molecule has 5 N–H and O–H groups in total. The number of nitrogen functional groups attached to an aromatic ring is 1. The van der Waals surface area contributed by atoms with Gasteiger partial charge >= 0.3 is 0 Å². The zero-order valence-corrected chi connectivity index (χ0v) is 13.0. The lowest BCUT2D eigenvalue weighted by atomic mass is 10.1. The molecule has 4 nitrogen and oxygen atoms in total. The minimum Gasteiger partial charge on any atom is -0.399 e. The van der Waals surface area contributed by atoms with Gasteiger partial charge in [0.2, 0.25) is 0 Å². The van der Waals surface area contributed by atoms with E-state index in [1.165, 1.54) is 6.07 Å². The molecule has 2 rings (SSSR count). The first-order chi connectivity index (χ1) is 9.38. The number of amides is 1. The summed E-state index contributed by atoms with van der Waals surface area (Å²) >= 11 is 9.59. The number of aryl methyl sites for hydroxylation is 1. The number of carbonyl (C=O) groups is 1. The predicted octanol–water partition coefficient (Wildman–Crippen LogP) is 3.84. The fraction of sp³-hybridized carbons (Fsp3) is 0.0714. The molecular formula is C14H13BrClN3O. The minimum atomic E-state index is -0.590. The number of hydrogen-bond donors (Lipinski definition) is 3. The van der Waals surface area contributed by atoms with Crippen molar-refractivity contribution in [1.29, 1.82) is 0 Å². The van der Waals surface area contributed by atoms with E-state index in [0.717, 1.165) is 15.7 Å². The van der Waals surface area contributed by atoms with Gasteiger partial charge < -0.3 is 16.8 Å². The molecule has 0 aromatic heterocycles. The molecule has 0 fully saturated rings. The topological polar surface area (TPSA) is 81.1 Å². The number of hydrogen-bond acceptors (Lipinski definition) is 3. The second kappa shape index (κ2) is 5.73. The summed E-state index contributed by atoms with van der Waals surface area (Å²) in [5, 5.41) is 3.44. The fourth-order valence-electron chi connectivity index (χ4n) is 1.76. The van der Waals surface area contributed by atoms with Gasteiger partial charge in [-0.1, -0.05) is 33.6 Å². The molecule has 0 bridgehead atoms. The van der Waals surface area contributed by atoms with E-state index < -0.39 is 5.91 Å². The summed E-state index contributed by atoms with van der Waals surface area (Å²) in [4.78, 5) is 11.5. The Morgan fingerprint density at radius 1 is 1.30 bits per heavy atom. The summed E-state index contributed by atoms with van der Waals surface area (Å²) in [6.45, 7) is 1.99. The molecule has 20 heavy (non-hydrogen) atoms. The van der Waals surface area contributed by atoms with E-state index in [2.05, 4.69) is 21.2 Å². The van der Waals surface area contributed by atoms with Crippen molar-refractivity contribution >= 4 is 50.5 Å². The van der Waals surface area contributed by atoms with E-state index in [0.29, 0.717) is 16.4 Å². The molecule has 0 aliphatic rings. The Kier molecular flexibility index (Phi) is 4.20. The Labute approximate surface area is 130 Å². The summed E-state index contributed by atoms with van der Waals surface area (Å²) in [7, 11) is 0. The quantitative estimate of drug-likeness (QED) is 0.733. The third kappa shape index (κ3) is 3.05. The van der Waals surface area contributed by atoms with Gasteiger partial charge in [-0.05, 0) is 36.8 Å². The van der Waals surface area contributed by atoms with E-state index in [9.17, 15) is 4.79 Å². The Balaban J connectivity index is 2.47. The van der Waals surface area contributed by atoms with Gasteiger partial charge in [0.1, 0.15) is 0 Å². The maximum Gasteiger partial charge on any atom is 0.250 e. The normalized spacial score (nSPS) is 10.3. The van der Waals surface area contributed by atoms with Crippen LogP contribution in [0.4, 0.5) is 17.1 Å². The van der Waals surface area contributed by atoms with Gasteiger partial charge in [-0.15, -0.1) is 0 Å². The summed E-state index contributed by atoms with van der Waals surface area (Å²) < 4.78 is 0.953. The van der Waals surface area contributed by atoms with Gasteiger partial charge in [0.15, 0.2) is 0 Å². The highest BCUT2D eigenvalue weighted by molar-refractivity contribution is 9.10. The van der Waals surface area contributed by atoms with Gasteiger partial charge in [0, 0.05) is 15.8 Å². The molecule has 1 amide bonds. The number of rotatable bonds is 3. The average molecular weight is 355 g/mol. The number of carbonyl (C=O) groups excluding carboxylic acids is 1. The van der Waals surface area contributed by atoms with Crippen LogP contribution < -0.4 is 16.8 Å². The van der Waals surface area contributed by atoms with Crippen molar-refractivity contribution in [2.24, 2.45) is 5.73 Å². The smallest absolute Gasteiger partial charge is 0.250 e. The molecule has 0 radical (unpaired) electrons. The fourth-order valence-corrected chi connectivity index (χ4v) is 2.42. The zero-order valence-electron chi connectivity index (χ0n) is 10.7. The van der Waals surface area contributed by atoms with Crippen molar-refractivity contribution in [2.45, 2.75) is 6.92 Å². The Morgan fingerprint density at radius 2 is 2.00 bits per heavy atom. The molecule has 0 saturated heterocycles. The van der Waals surface area contributed by atoms with E-state index in [1.807, 2.05) is 25.1 Å². The zero-order chi connectivity index (χ0) is 14.9. The van der Waals surface area contributed by atoms with Gasteiger partial charge in [-0.2, -0.15) is 0 Å². The van der Waals surface area contributed by atoms with E-state index >= 15 is 0 Å². The maximum atomic E-state index is 11.5. The van der Waals surface area contributed by atoms with Gasteiger partial charge in [-0.25, -0.2) is 0 Å². The number of nitrogens with one attached hydrogen (secondary N) is 1. The van der Waals surface area contributed by atoms with Crippen molar-refractivity contribution in [2.75, 3.05) is 11.1 Å². The summed E-state index contributed by atoms with van der Waals surface area (Å²) in [5.41, 5.74) is 14.0. The Hall–Kier alpha value is -1.72. The molecular weight excluding hydrogens is 342 g/mol. The van der Waals surface area contributed by atoms with Crippen LogP contribution in [0.25, 0.3) is 0 Å². The van der Waals surface area contributed by atoms with E-state index in [1.54, 1.807) is 6.07 Å². The number of benzene rings is 2. The molecule has 0 aliphatic heterocycles.